The molecule has 1 aliphatic heterocycles. The molecule has 1 aliphatic rings. The van der Waals surface area contributed by atoms with Crippen LogP contribution in [0.1, 0.15) is 23.6 Å². The average molecular weight is 369 g/mol. The smallest absolute Gasteiger partial charge is 0.325 e. The van der Waals surface area contributed by atoms with Gasteiger partial charge in [-0.2, -0.15) is 0 Å². The fourth-order valence-corrected chi connectivity index (χ4v) is 3.56. The van der Waals surface area contributed by atoms with Gasteiger partial charge in [-0.25, -0.2) is 5.06 Å². The molecule has 1 atom stereocenters. The van der Waals surface area contributed by atoms with Crippen LogP contribution >= 0.6 is 0 Å². The number of esters is 2. The molecule has 0 amide bonds. The van der Waals surface area contributed by atoms with E-state index in [0.29, 0.717) is 0 Å². The third kappa shape index (κ3) is 3.28. The standard InChI is InChI=1S/C21H23NO5/c1-15-9-11-17(12-10-15)22-18(16-7-5-4-6-8-16)21(13-14-27-22,19(23)25-2)20(24)26-3/h4-12,18H,13-14H2,1-3H3. The summed E-state index contributed by atoms with van der Waals surface area (Å²) in [5.74, 6) is -1.27. The Morgan fingerprint density at radius 2 is 1.59 bits per heavy atom. The number of aryl methyl sites for hydroxylation is 1. The Morgan fingerprint density at radius 3 is 2.15 bits per heavy atom. The van der Waals surface area contributed by atoms with Gasteiger partial charge in [0.25, 0.3) is 0 Å². The Hall–Kier alpha value is -2.86. The first-order valence-corrected chi connectivity index (χ1v) is 8.75. The average Bonchev–Trinajstić information content (AvgIpc) is 2.73. The molecule has 0 saturated carbocycles. The van der Waals surface area contributed by atoms with Crippen molar-refractivity contribution in [3.05, 3.63) is 65.7 Å². The van der Waals surface area contributed by atoms with Crippen LogP contribution in [-0.2, 0) is 23.9 Å². The van der Waals surface area contributed by atoms with E-state index < -0.39 is 23.4 Å². The molecule has 0 N–H and O–H groups in total. The summed E-state index contributed by atoms with van der Waals surface area (Å²) in [6.07, 6.45) is 0.161. The molecule has 0 spiro atoms. The van der Waals surface area contributed by atoms with Crippen LogP contribution in [0.4, 0.5) is 5.69 Å². The van der Waals surface area contributed by atoms with Gasteiger partial charge in [-0.05, 0) is 24.6 Å². The first-order chi connectivity index (χ1) is 13.0. The van der Waals surface area contributed by atoms with Gasteiger partial charge in [0, 0.05) is 6.42 Å². The molecule has 142 valence electrons. The van der Waals surface area contributed by atoms with Gasteiger partial charge in [-0.3, -0.25) is 14.4 Å². The van der Waals surface area contributed by atoms with Gasteiger partial charge >= 0.3 is 11.9 Å². The predicted molar refractivity (Wildman–Crippen MR) is 99.9 cm³/mol. The van der Waals surface area contributed by atoms with Gasteiger partial charge < -0.3 is 9.47 Å². The minimum Gasteiger partial charge on any atom is -0.468 e. The van der Waals surface area contributed by atoms with Crippen LogP contribution in [-0.4, -0.2) is 32.8 Å². The third-order valence-corrected chi connectivity index (χ3v) is 4.93. The van der Waals surface area contributed by atoms with E-state index in [1.165, 1.54) is 14.2 Å². The molecule has 0 aromatic heterocycles. The van der Waals surface area contributed by atoms with Crippen molar-refractivity contribution in [2.75, 3.05) is 25.9 Å². The molecule has 3 rings (SSSR count). The number of rotatable bonds is 4. The van der Waals surface area contributed by atoms with Gasteiger partial charge in [-0.1, -0.05) is 48.0 Å². The molecule has 0 aliphatic carbocycles. The molecule has 2 aromatic rings. The zero-order chi connectivity index (χ0) is 19.4. The van der Waals surface area contributed by atoms with Crippen LogP contribution in [0.15, 0.2) is 54.6 Å². The van der Waals surface area contributed by atoms with Crippen LogP contribution < -0.4 is 5.06 Å². The highest BCUT2D eigenvalue weighted by molar-refractivity contribution is 6.01. The Labute approximate surface area is 158 Å². The Kier molecular flexibility index (Phi) is 5.46. The maximum atomic E-state index is 12.9. The zero-order valence-electron chi connectivity index (χ0n) is 15.7. The quantitative estimate of drug-likeness (QED) is 0.609. The lowest BCUT2D eigenvalue weighted by Gasteiger charge is -2.46. The van der Waals surface area contributed by atoms with Crippen molar-refractivity contribution in [1.29, 1.82) is 0 Å². The maximum Gasteiger partial charge on any atom is 0.325 e. The van der Waals surface area contributed by atoms with Crippen LogP contribution in [0.5, 0.6) is 0 Å². The highest BCUT2D eigenvalue weighted by atomic mass is 16.7. The Balaban J connectivity index is 2.20. The van der Waals surface area contributed by atoms with Gasteiger partial charge in [0.1, 0.15) is 6.04 Å². The van der Waals surface area contributed by atoms with Crippen LogP contribution in [0.2, 0.25) is 0 Å². The molecule has 1 heterocycles. The zero-order valence-corrected chi connectivity index (χ0v) is 15.7. The number of ether oxygens (including phenoxy) is 2. The van der Waals surface area contributed by atoms with Crippen molar-refractivity contribution >= 4 is 17.6 Å². The van der Waals surface area contributed by atoms with Crippen molar-refractivity contribution in [2.24, 2.45) is 5.41 Å². The molecular weight excluding hydrogens is 346 g/mol. The van der Waals surface area contributed by atoms with Gasteiger partial charge in [0.15, 0.2) is 5.41 Å². The van der Waals surface area contributed by atoms with Crippen LogP contribution in [0.3, 0.4) is 0 Å². The number of methoxy groups -OCH3 is 2. The fourth-order valence-electron chi connectivity index (χ4n) is 3.56. The van der Waals surface area contributed by atoms with Gasteiger partial charge in [-0.15, -0.1) is 0 Å². The Morgan fingerprint density at radius 1 is 1.00 bits per heavy atom. The van der Waals surface area contributed by atoms with E-state index >= 15 is 0 Å². The SMILES string of the molecule is COC(=O)C1(C(=O)OC)CCON(c2ccc(C)cc2)C1c1ccccc1. The number of hydrogen-bond donors (Lipinski definition) is 0. The van der Waals surface area contributed by atoms with Gasteiger partial charge in [0.05, 0.1) is 26.5 Å². The Bertz CT molecular complexity index is 787. The number of carbonyl (C=O) groups is 2. The molecule has 2 aromatic carbocycles. The number of carbonyl (C=O) groups excluding carboxylic acids is 2. The van der Waals surface area contributed by atoms with E-state index in [1.54, 1.807) is 5.06 Å². The highest BCUT2D eigenvalue weighted by Gasteiger charge is 2.59. The molecule has 27 heavy (non-hydrogen) atoms. The topological polar surface area (TPSA) is 65.1 Å². The van der Waals surface area contributed by atoms with Crippen molar-refractivity contribution < 1.29 is 23.9 Å². The van der Waals surface area contributed by atoms with Crippen molar-refractivity contribution in [3.63, 3.8) is 0 Å². The highest BCUT2D eigenvalue weighted by Crippen LogP contribution is 2.48. The number of anilines is 1. The maximum absolute atomic E-state index is 12.9. The monoisotopic (exact) mass is 369 g/mol. The van der Waals surface area contributed by atoms with Gasteiger partial charge in [0.2, 0.25) is 0 Å². The van der Waals surface area contributed by atoms with Crippen molar-refractivity contribution in [1.82, 2.24) is 0 Å². The summed E-state index contributed by atoms with van der Waals surface area (Å²) in [4.78, 5) is 31.7. The van der Waals surface area contributed by atoms with Crippen LogP contribution in [0.25, 0.3) is 0 Å². The molecule has 1 unspecified atom stereocenters. The summed E-state index contributed by atoms with van der Waals surface area (Å²) in [5.41, 5.74) is 1.06. The third-order valence-electron chi connectivity index (χ3n) is 4.93. The fraction of sp³-hybridized carbons (Fsp3) is 0.333. The second kappa shape index (κ2) is 7.80. The molecule has 6 heteroatoms. The summed E-state index contributed by atoms with van der Waals surface area (Å²) in [5, 5.41) is 1.62. The predicted octanol–water partition coefficient (Wildman–Crippen LogP) is 3.21. The van der Waals surface area contributed by atoms with E-state index in [2.05, 4.69) is 0 Å². The summed E-state index contributed by atoms with van der Waals surface area (Å²) in [6.45, 7) is 2.17. The second-order valence-electron chi connectivity index (χ2n) is 6.51. The first kappa shape index (κ1) is 18.9. The molecule has 1 fully saturated rings. The molecule has 0 radical (unpaired) electrons. The second-order valence-corrected chi connectivity index (χ2v) is 6.51. The van der Waals surface area contributed by atoms with E-state index in [9.17, 15) is 9.59 Å². The number of benzene rings is 2. The number of hydrogen-bond acceptors (Lipinski definition) is 6. The van der Waals surface area contributed by atoms with E-state index in [0.717, 1.165) is 16.8 Å². The van der Waals surface area contributed by atoms with E-state index in [1.807, 2.05) is 61.5 Å². The molecule has 6 nitrogen and oxygen atoms in total. The normalized spacial score (nSPS) is 18.6. The van der Waals surface area contributed by atoms with E-state index in [-0.39, 0.29) is 13.0 Å². The first-order valence-electron chi connectivity index (χ1n) is 8.75. The summed E-state index contributed by atoms with van der Waals surface area (Å²) in [6, 6.07) is 16.3. The minimum atomic E-state index is -1.53. The minimum absolute atomic E-state index is 0.161. The van der Waals surface area contributed by atoms with Crippen molar-refractivity contribution in [2.45, 2.75) is 19.4 Å². The summed E-state index contributed by atoms with van der Waals surface area (Å²) < 4.78 is 10.1. The summed E-state index contributed by atoms with van der Waals surface area (Å²) in [7, 11) is 2.56. The molecule has 1 saturated heterocycles. The molecule has 0 bridgehead atoms. The lowest BCUT2D eigenvalue weighted by atomic mass is 9.73. The lowest BCUT2D eigenvalue weighted by molar-refractivity contribution is -0.180. The number of nitrogens with zero attached hydrogens (tertiary/aromatic N) is 1. The summed E-state index contributed by atoms with van der Waals surface area (Å²) >= 11 is 0. The number of hydroxylamine groups is 1. The molecular formula is C21H23NO5. The van der Waals surface area contributed by atoms with Crippen molar-refractivity contribution in [3.8, 4) is 0 Å². The van der Waals surface area contributed by atoms with Crippen LogP contribution in [0, 0.1) is 12.3 Å². The van der Waals surface area contributed by atoms with E-state index in [4.69, 9.17) is 14.3 Å². The largest absolute Gasteiger partial charge is 0.468 e. The lowest BCUT2D eigenvalue weighted by Crippen LogP contribution is -2.56.